The Morgan fingerprint density at radius 1 is 1.29 bits per heavy atom. The molecule has 0 atom stereocenters. The molecular formula is C15H24BrNO3Si. The van der Waals surface area contributed by atoms with Gasteiger partial charge in [0.2, 0.25) is 0 Å². The Labute approximate surface area is 136 Å². The second-order valence-corrected chi connectivity index (χ2v) is 12.6. The lowest BCUT2D eigenvalue weighted by atomic mass is 9.97. The molecule has 1 aliphatic heterocycles. The fourth-order valence-electron chi connectivity index (χ4n) is 2.01. The van der Waals surface area contributed by atoms with E-state index in [1.807, 2.05) is 12.1 Å². The molecule has 0 aliphatic carbocycles. The van der Waals surface area contributed by atoms with E-state index in [-0.39, 0.29) is 5.04 Å². The Kier molecular flexibility index (Phi) is 4.55. The molecular weight excluding hydrogens is 350 g/mol. The van der Waals surface area contributed by atoms with E-state index in [0.717, 1.165) is 16.0 Å². The fraction of sp³-hybridized carbons (Fsp3) is 0.667. The molecule has 118 valence electrons. The monoisotopic (exact) mass is 373 g/mol. The molecule has 6 heteroatoms. The predicted molar refractivity (Wildman–Crippen MR) is 89.3 cm³/mol. The Bertz CT molecular complexity index is 524. The first-order chi connectivity index (χ1) is 9.60. The third-order valence-corrected chi connectivity index (χ3v) is 9.32. The minimum atomic E-state index is -1.91. The van der Waals surface area contributed by atoms with Crippen molar-refractivity contribution < 1.29 is 13.9 Å². The molecule has 2 rings (SSSR count). The van der Waals surface area contributed by atoms with Gasteiger partial charge in [-0.3, -0.25) is 0 Å². The van der Waals surface area contributed by atoms with Crippen LogP contribution in [0.5, 0.6) is 5.75 Å². The Hall–Kier alpha value is -0.433. The molecule has 0 unspecified atom stereocenters. The molecule has 0 amide bonds. The molecule has 1 aromatic heterocycles. The van der Waals surface area contributed by atoms with Crippen molar-refractivity contribution in [1.82, 2.24) is 4.98 Å². The summed E-state index contributed by atoms with van der Waals surface area (Å²) in [6, 6.07) is 3.80. The van der Waals surface area contributed by atoms with Crippen LogP contribution in [0.2, 0.25) is 18.1 Å². The van der Waals surface area contributed by atoms with Gasteiger partial charge in [-0.25, -0.2) is 4.98 Å². The topological polar surface area (TPSA) is 40.6 Å². The molecule has 1 saturated heterocycles. The van der Waals surface area contributed by atoms with Gasteiger partial charge in [0.15, 0.2) is 8.32 Å². The predicted octanol–water partition coefficient (Wildman–Crippen LogP) is 4.10. The second-order valence-electron chi connectivity index (χ2n) is 7.06. The summed E-state index contributed by atoms with van der Waals surface area (Å²) in [5, 5.41) is 0.145. The molecule has 1 fully saturated rings. The molecule has 1 aliphatic rings. The van der Waals surface area contributed by atoms with E-state index in [4.69, 9.17) is 13.9 Å². The van der Waals surface area contributed by atoms with Crippen molar-refractivity contribution in [2.75, 3.05) is 20.3 Å². The summed E-state index contributed by atoms with van der Waals surface area (Å²) in [5.41, 5.74) is 0.435. The maximum Gasteiger partial charge on any atom is 0.193 e. The molecule has 4 nitrogen and oxygen atoms in total. The highest BCUT2D eigenvalue weighted by Crippen LogP contribution is 2.44. The molecule has 0 aromatic carbocycles. The number of aromatic nitrogens is 1. The van der Waals surface area contributed by atoms with Crippen molar-refractivity contribution >= 4 is 24.2 Å². The number of rotatable bonds is 4. The van der Waals surface area contributed by atoms with Crippen molar-refractivity contribution in [2.45, 2.75) is 44.5 Å². The summed E-state index contributed by atoms with van der Waals surface area (Å²) in [6.45, 7) is 12.3. The van der Waals surface area contributed by atoms with Gasteiger partial charge in [0.1, 0.15) is 16.0 Å². The van der Waals surface area contributed by atoms with E-state index in [9.17, 15) is 0 Å². The first-order valence-corrected chi connectivity index (χ1v) is 10.8. The minimum Gasteiger partial charge on any atom is -0.497 e. The summed E-state index contributed by atoms with van der Waals surface area (Å²) in [7, 11) is -0.257. The lowest BCUT2D eigenvalue weighted by Gasteiger charge is -2.49. The number of methoxy groups -OCH3 is 1. The van der Waals surface area contributed by atoms with Crippen molar-refractivity contribution in [2.24, 2.45) is 0 Å². The van der Waals surface area contributed by atoms with Crippen LogP contribution in [0.3, 0.4) is 0 Å². The van der Waals surface area contributed by atoms with Gasteiger partial charge in [0.05, 0.1) is 26.0 Å². The maximum absolute atomic E-state index is 6.64. The quantitative estimate of drug-likeness (QED) is 0.588. The number of hydrogen-bond acceptors (Lipinski definition) is 4. The second kappa shape index (κ2) is 5.65. The molecule has 21 heavy (non-hydrogen) atoms. The van der Waals surface area contributed by atoms with Gasteiger partial charge < -0.3 is 13.9 Å². The third kappa shape index (κ3) is 3.33. The third-order valence-electron chi connectivity index (χ3n) is 4.40. The van der Waals surface area contributed by atoms with Gasteiger partial charge in [-0.1, -0.05) is 20.8 Å². The van der Waals surface area contributed by atoms with Crippen molar-refractivity contribution in [1.29, 1.82) is 0 Å². The molecule has 0 radical (unpaired) electrons. The van der Waals surface area contributed by atoms with Gasteiger partial charge in [-0.05, 0) is 34.1 Å². The molecule has 0 saturated carbocycles. The zero-order chi connectivity index (χ0) is 15.9. The summed E-state index contributed by atoms with van der Waals surface area (Å²) in [5.74, 6) is 0.775. The normalized spacial score (nSPS) is 18.2. The van der Waals surface area contributed by atoms with Gasteiger partial charge in [0, 0.05) is 12.1 Å². The number of nitrogens with zero attached hydrogens (tertiary/aromatic N) is 1. The smallest absolute Gasteiger partial charge is 0.193 e. The summed E-state index contributed by atoms with van der Waals surface area (Å²) < 4.78 is 18.2. The molecule has 0 bridgehead atoms. The van der Waals surface area contributed by atoms with E-state index >= 15 is 0 Å². The van der Waals surface area contributed by atoms with Crippen LogP contribution in [0, 0.1) is 0 Å². The highest BCUT2D eigenvalue weighted by atomic mass is 79.9. The lowest BCUT2D eigenvalue weighted by molar-refractivity contribution is -0.177. The first-order valence-electron chi connectivity index (χ1n) is 7.10. The molecule has 2 heterocycles. The van der Waals surface area contributed by atoms with Crippen LogP contribution >= 0.6 is 15.9 Å². The zero-order valence-electron chi connectivity index (χ0n) is 13.6. The van der Waals surface area contributed by atoms with Crippen molar-refractivity contribution in [3.63, 3.8) is 0 Å². The minimum absolute atomic E-state index is 0.145. The van der Waals surface area contributed by atoms with E-state index in [0.29, 0.717) is 13.2 Å². The SMILES string of the molecule is COc1cc(Br)nc(C2(O[Si](C)(C)C(C)(C)C)COC2)c1. The standard InChI is InChI=1S/C15H24BrNO3Si/c1-14(2,3)21(5,6)20-15(9-19-10-15)12-7-11(18-4)8-13(16)17-12/h7-8H,9-10H2,1-6H3. The summed E-state index contributed by atoms with van der Waals surface area (Å²) in [6.07, 6.45) is 0. The van der Waals surface area contributed by atoms with Gasteiger partial charge in [-0.15, -0.1) is 0 Å². The van der Waals surface area contributed by atoms with Crippen LogP contribution in [0.25, 0.3) is 0 Å². The van der Waals surface area contributed by atoms with E-state index in [1.54, 1.807) is 7.11 Å². The lowest BCUT2D eigenvalue weighted by Crippen LogP contribution is -2.57. The highest BCUT2D eigenvalue weighted by molar-refractivity contribution is 9.10. The van der Waals surface area contributed by atoms with Crippen LogP contribution in [0.15, 0.2) is 16.7 Å². The van der Waals surface area contributed by atoms with Gasteiger partial charge in [-0.2, -0.15) is 0 Å². The van der Waals surface area contributed by atoms with Crippen molar-refractivity contribution in [3.8, 4) is 5.75 Å². The molecule has 0 N–H and O–H groups in total. The van der Waals surface area contributed by atoms with E-state index in [2.05, 4.69) is 54.8 Å². The van der Waals surface area contributed by atoms with Gasteiger partial charge >= 0.3 is 0 Å². The average Bonchev–Trinajstić information content (AvgIpc) is 2.31. The van der Waals surface area contributed by atoms with Crippen LogP contribution in [-0.2, 0) is 14.8 Å². The van der Waals surface area contributed by atoms with E-state index in [1.165, 1.54) is 0 Å². The van der Waals surface area contributed by atoms with Crippen LogP contribution in [0.4, 0.5) is 0 Å². The largest absolute Gasteiger partial charge is 0.497 e. The Morgan fingerprint density at radius 2 is 1.90 bits per heavy atom. The Balaban J connectivity index is 2.37. The summed E-state index contributed by atoms with van der Waals surface area (Å²) >= 11 is 3.44. The number of ether oxygens (including phenoxy) is 2. The molecule has 0 spiro atoms. The summed E-state index contributed by atoms with van der Waals surface area (Å²) in [4.78, 5) is 4.60. The number of halogens is 1. The molecule has 1 aromatic rings. The number of pyridine rings is 1. The number of hydrogen-bond donors (Lipinski definition) is 0. The average molecular weight is 374 g/mol. The fourth-order valence-corrected chi connectivity index (χ4v) is 3.93. The van der Waals surface area contributed by atoms with E-state index < -0.39 is 13.9 Å². The maximum atomic E-state index is 6.64. The first kappa shape index (κ1) is 16.9. The Morgan fingerprint density at radius 3 is 2.33 bits per heavy atom. The van der Waals surface area contributed by atoms with Crippen LogP contribution in [0.1, 0.15) is 26.5 Å². The van der Waals surface area contributed by atoms with Crippen molar-refractivity contribution in [3.05, 3.63) is 22.4 Å². The highest BCUT2D eigenvalue weighted by Gasteiger charge is 2.51. The van der Waals surface area contributed by atoms with Gasteiger partial charge in [0.25, 0.3) is 0 Å². The van der Waals surface area contributed by atoms with Crippen LogP contribution < -0.4 is 4.74 Å². The van der Waals surface area contributed by atoms with Crippen LogP contribution in [-0.4, -0.2) is 33.6 Å². The zero-order valence-corrected chi connectivity index (χ0v) is 16.2.